The number of epoxide rings is 1. The van der Waals surface area contributed by atoms with Crippen LogP contribution in [0.15, 0.2) is 30.5 Å². The molecule has 0 bridgehead atoms. The van der Waals surface area contributed by atoms with Crippen LogP contribution in [0.1, 0.15) is 0 Å². The minimum Gasteiger partial charge on any atom is -0.506 e. The summed E-state index contributed by atoms with van der Waals surface area (Å²) in [5.41, 5.74) is 1.07. The number of hydrogen-bond donors (Lipinski definition) is 1. The van der Waals surface area contributed by atoms with Gasteiger partial charge in [-0.2, -0.15) is 0 Å². The summed E-state index contributed by atoms with van der Waals surface area (Å²) >= 11 is 0. The fourth-order valence-electron chi connectivity index (χ4n) is 1.77. The number of aromatic hydroxyl groups is 1. The standard InChI is InChI=1S/C11H11NO2/c13-11-6-12(5-8-7-14-8)10-4-2-1-3-9(10)11/h1-4,6,8,13H,5,7H2. The van der Waals surface area contributed by atoms with Gasteiger partial charge in [-0.05, 0) is 12.1 Å². The van der Waals surface area contributed by atoms with Crippen molar-refractivity contribution in [3.63, 3.8) is 0 Å². The largest absolute Gasteiger partial charge is 0.506 e. The molecule has 1 unspecified atom stereocenters. The van der Waals surface area contributed by atoms with Gasteiger partial charge in [0.05, 0.1) is 24.8 Å². The normalized spacial score (nSPS) is 20.1. The van der Waals surface area contributed by atoms with Crippen molar-refractivity contribution < 1.29 is 9.84 Å². The quantitative estimate of drug-likeness (QED) is 0.731. The number of fused-ring (bicyclic) bond motifs is 1. The van der Waals surface area contributed by atoms with Crippen molar-refractivity contribution >= 4 is 10.9 Å². The van der Waals surface area contributed by atoms with Crippen LogP contribution in [0.2, 0.25) is 0 Å². The number of hydrogen-bond acceptors (Lipinski definition) is 2. The molecule has 1 atom stereocenters. The Labute approximate surface area is 81.5 Å². The zero-order chi connectivity index (χ0) is 9.54. The number of benzene rings is 1. The van der Waals surface area contributed by atoms with E-state index in [0.717, 1.165) is 24.1 Å². The molecule has 1 fully saturated rings. The monoisotopic (exact) mass is 189 g/mol. The van der Waals surface area contributed by atoms with Crippen molar-refractivity contribution in [1.82, 2.24) is 4.57 Å². The van der Waals surface area contributed by atoms with Gasteiger partial charge < -0.3 is 14.4 Å². The van der Waals surface area contributed by atoms with Crippen molar-refractivity contribution in [3.8, 4) is 5.75 Å². The van der Waals surface area contributed by atoms with Crippen molar-refractivity contribution in [2.75, 3.05) is 6.61 Å². The van der Waals surface area contributed by atoms with Crippen molar-refractivity contribution in [3.05, 3.63) is 30.5 Å². The van der Waals surface area contributed by atoms with E-state index in [1.54, 1.807) is 6.20 Å². The Kier molecular flexibility index (Phi) is 1.55. The average molecular weight is 189 g/mol. The predicted octanol–water partition coefficient (Wildman–Crippen LogP) is 1.75. The molecular weight excluding hydrogens is 178 g/mol. The maximum atomic E-state index is 9.66. The molecular formula is C11H11NO2. The molecule has 3 heteroatoms. The summed E-state index contributed by atoms with van der Waals surface area (Å²) in [6.45, 7) is 1.67. The number of nitrogens with zero attached hydrogens (tertiary/aromatic N) is 1. The molecule has 1 aliphatic rings. The van der Waals surface area contributed by atoms with Crippen LogP contribution in [-0.2, 0) is 11.3 Å². The summed E-state index contributed by atoms with van der Waals surface area (Å²) in [6, 6.07) is 7.85. The third-order valence-electron chi connectivity index (χ3n) is 2.57. The Balaban J connectivity index is 2.12. The molecule has 0 saturated carbocycles. The molecule has 1 aromatic heterocycles. The summed E-state index contributed by atoms with van der Waals surface area (Å²) in [5.74, 6) is 0.348. The molecule has 0 radical (unpaired) electrons. The summed E-state index contributed by atoms with van der Waals surface area (Å²) < 4.78 is 7.21. The molecule has 0 aliphatic carbocycles. The first-order valence-electron chi connectivity index (χ1n) is 4.73. The topological polar surface area (TPSA) is 37.7 Å². The molecule has 3 nitrogen and oxygen atoms in total. The first-order chi connectivity index (χ1) is 6.84. The third-order valence-corrected chi connectivity index (χ3v) is 2.57. The lowest BCUT2D eigenvalue weighted by molar-refractivity contribution is 0.384. The zero-order valence-corrected chi connectivity index (χ0v) is 7.68. The van der Waals surface area contributed by atoms with E-state index in [4.69, 9.17) is 4.74 Å². The van der Waals surface area contributed by atoms with Crippen molar-refractivity contribution in [2.45, 2.75) is 12.6 Å². The summed E-state index contributed by atoms with van der Waals surface area (Å²) in [7, 11) is 0. The molecule has 3 rings (SSSR count). The van der Waals surface area contributed by atoms with Crippen LogP contribution in [0, 0.1) is 0 Å². The van der Waals surface area contributed by atoms with Gasteiger partial charge in [-0.3, -0.25) is 0 Å². The smallest absolute Gasteiger partial charge is 0.141 e. The lowest BCUT2D eigenvalue weighted by Crippen LogP contribution is -2.01. The molecule has 2 aromatic rings. The highest BCUT2D eigenvalue weighted by atomic mass is 16.6. The van der Waals surface area contributed by atoms with Crippen LogP contribution in [0.3, 0.4) is 0 Å². The lowest BCUT2D eigenvalue weighted by atomic mass is 10.2. The average Bonchev–Trinajstić information content (AvgIpc) is 2.95. The molecule has 1 aromatic carbocycles. The van der Waals surface area contributed by atoms with Gasteiger partial charge >= 0.3 is 0 Å². The number of ether oxygens (including phenoxy) is 1. The molecule has 0 amide bonds. The highest BCUT2D eigenvalue weighted by molar-refractivity contribution is 5.86. The predicted molar refractivity (Wildman–Crippen MR) is 53.3 cm³/mol. The van der Waals surface area contributed by atoms with E-state index >= 15 is 0 Å². The van der Waals surface area contributed by atoms with Crippen LogP contribution in [0.5, 0.6) is 5.75 Å². The zero-order valence-electron chi connectivity index (χ0n) is 7.68. The second kappa shape index (κ2) is 2.75. The minimum atomic E-state index is 0.338. The van der Waals surface area contributed by atoms with Gasteiger partial charge in [-0.15, -0.1) is 0 Å². The molecule has 72 valence electrons. The van der Waals surface area contributed by atoms with Gasteiger partial charge in [0, 0.05) is 11.6 Å². The van der Waals surface area contributed by atoms with Crippen LogP contribution in [0.4, 0.5) is 0 Å². The third kappa shape index (κ3) is 1.17. The Hall–Kier alpha value is -1.48. The number of para-hydroxylation sites is 1. The maximum Gasteiger partial charge on any atom is 0.141 e. The molecule has 0 spiro atoms. The Bertz CT molecular complexity index is 471. The van der Waals surface area contributed by atoms with Gasteiger partial charge in [-0.25, -0.2) is 0 Å². The highest BCUT2D eigenvalue weighted by Crippen LogP contribution is 2.27. The maximum absolute atomic E-state index is 9.66. The lowest BCUT2D eigenvalue weighted by Gasteiger charge is -2.00. The first kappa shape index (κ1) is 7.88. The molecule has 1 saturated heterocycles. The van der Waals surface area contributed by atoms with Crippen LogP contribution in [-0.4, -0.2) is 22.4 Å². The van der Waals surface area contributed by atoms with Crippen molar-refractivity contribution in [2.24, 2.45) is 0 Å². The van der Waals surface area contributed by atoms with E-state index in [9.17, 15) is 5.11 Å². The van der Waals surface area contributed by atoms with Gasteiger partial charge in [0.2, 0.25) is 0 Å². The molecule has 1 aliphatic heterocycles. The van der Waals surface area contributed by atoms with Crippen molar-refractivity contribution in [1.29, 1.82) is 0 Å². The SMILES string of the molecule is Oc1cn(CC2CO2)c2ccccc12. The summed E-state index contributed by atoms with van der Waals surface area (Å²) in [6.07, 6.45) is 2.11. The van der Waals surface area contributed by atoms with E-state index in [1.165, 1.54) is 0 Å². The van der Waals surface area contributed by atoms with Crippen LogP contribution < -0.4 is 0 Å². The summed E-state index contributed by atoms with van der Waals surface area (Å²) in [5, 5.41) is 10.6. The number of aromatic nitrogens is 1. The number of rotatable bonds is 2. The molecule has 2 heterocycles. The fourth-order valence-corrected chi connectivity index (χ4v) is 1.77. The van der Waals surface area contributed by atoms with E-state index < -0.39 is 0 Å². The Morgan fingerprint density at radius 1 is 1.43 bits per heavy atom. The first-order valence-corrected chi connectivity index (χ1v) is 4.73. The van der Waals surface area contributed by atoms with E-state index in [0.29, 0.717) is 11.9 Å². The fraction of sp³-hybridized carbons (Fsp3) is 0.273. The molecule has 1 N–H and O–H groups in total. The van der Waals surface area contributed by atoms with Gasteiger partial charge in [0.15, 0.2) is 0 Å². The van der Waals surface area contributed by atoms with Gasteiger partial charge in [0.25, 0.3) is 0 Å². The highest BCUT2D eigenvalue weighted by Gasteiger charge is 2.23. The van der Waals surface area contributed by atoms with Crippen LogP contribution in [0.25, 0.3) is 10.9 Å². The Morgan fingerprint density at radius 2 is 2.21 bits per heavy atom. The molecule has 14 heavy (non-hydrogen) atoms. The van der Waals surface area contributed by atoms with E-state index in [-0.39, 0.29) is 0 Å². The van der Waals surface area contributed by atoms with Gasteiger partial charge in [-0.1, -0.05) is 12.1 Å². The van der Waals surface area contributed by atoms with E-state index in [1.807, 2.05) is 28.8 Å². The second-order valence-electron chi connectivity index (χ2n) is 3.64. The Morgan fingerprint density at radius 3 is 3.00 bits per heavy atom. The van der Waals surface area contributed by atoms with Crippen LogP contribution >= 0.6 is 0 Å². The van der Waals surface area contributed by atoms with E-state index in [2.05, 4.69) is 0 Å². The second-order valence-corrected chi connectivity index (χ2v) is 3.64. The minimum absolute atomic E-state index is 0.338. The summed E-state index contributed by atoms with van der Waals surface area (Å²) in [4.78, 5) is 0. The van der Waals surface area contributed by atoms with Gasteiger partial charge in [0.1, 0.15) is 5.75 Å².